The van der Waals surface area contributed by atoms with Crippen LogP contribution in [0.4, 0.5) is 42.0 Å². The molecule has 44 heavy (non-hydrogen) atoms. The highest BCUT2D eigenvalue weighted by molar-refractivity contribution is 6.06. The number of hydrogen-bond donors (Lipinski definition) is 3. The van der Waals surface area contributed by atoms with Gasteiger partial charge in [0.1, 0.15) is 17.1 Å². The van der Waals surface area contributed by atoms with Crippen LogP contribution in [0.5, 0.6) is 5.75 Å². The van der Waals surface area contributed by atoms with E-state index < -0.39 is 17.2 Å². The largest absolute Gasteiger partial charge is 0.494 e. The molecule has 1 saturated carbocycles. The van der Waals surface area contributed by atoms with Gasteiger partial charge in [0.15, 0.2) is 0 Å². The van der Waals surface area contributed by atoms with Gasteiger partial charge in [-0.15, -0.1) is 0 Å². The van der Waals surface area contributed by atoms with E-state index in [1.54, 1.807) is 39.2 Å². The van der Waals surface area contributed by atoms with E-state index in [1.807, 2.05) is 18.2 Å². The van der Waals surface area contributed by atoms with Gasteiger partial charge in [-0.1, -0.05) is 18.6 Å². The van der Waals surface area contributed by atoms with Crippen molar-refractivity contribution in [3.63, 3.8) is 0 Å². The molecular formula is C32H36F3N7O2. The first-order chi connectivity index (χ1) is 21.0. The summed E-state index contributed by atoms with van der Waals surface area (Å²) in [4.78, 5) is 25.8. The van der Waals surface area contributed by atoms with Crippen molar-refractivity contribution in [2.24, 2.45) is 0 Å². The second kappa shape index (κ2) is 10.5. The number of hydrogen-bond acceptors (Lipinski definition) is 8. The number of aromatic nitrogens is 2. The summed E-state index contributed by atoms with van der Waals surface area (Å²) in [6.45, 7) is 5.70. The molecule has 2 unspecified atom stereocenters. The van der Waals surface area contributed by atoms with Crippen LogP contribution in [-0.4, -0.2) is 59.1 Å². The molecule has 2 atom stereocenters. The molecule has 2 saturated heterocycles. The average molecular weight is 608 g/mol. The monoisotopic (exact) mass is 607 g/mol. The summed E-state index contributed by atoms with van der Waals surface area (Å²) in [5, 5.41) is 8.77. The molecular weight excluding hydrogens is 571 g/mol. The summed E-state index contributed by atoms with van der Waals surface area (Å²) in [7, 11) is 1.57. The zero-order chi connectivity index (χ0) is 30.8. The Morgan fingerprint density at radius 3 is 2.61 bits per heavy atom. The number of likely N-dealkylation sites (tertiary alicyclic amines) is 1. The Kier molecular flexibility index (Phi) is 6.87. The third-order valence-electron chi connectivity index (χ3n) is 9.72. The molecule has 3 aliphatic heterocycles. The van der Waals surface area contributed by atoms with E-state index in [1.165, 1.54) is 25.7 Å². The second-order valence-electron chi connectivity index (χ2n) is 12.7. The smallest absolute Gasteiger partial charge is 0.421 e. The molecule has 3 fully saturated rings. The molecule has 232 valence electrons. The Morgan fingerprint density at radius 1 is 1.11 bits per heavy atom. The van der Waals surface area contributed by atoms with Gasteiger partial charge >= 0.3 is 6.18 Å². The highest BCUT2D eigenvalue weighted by atomic mass is 19.4. The molecule has 3 aromatic rings. The van der Waals surface area contributed by atoms with Crippen LogP contribution in [0.2, 0.25) is 0 Å². The van der Waals surface area contributed by atoms with Crippen LogP contribution in [0.15, 0.2) is 42.6 Å². The first-order valence-corrected chi connectivity index (χ1v) is 15.1. The lowest BCUT2D eigenvalue weighted by Crippen LogP contribution is -2.52. The lowest BCUT2D eigenvalue weighted by molar-refractivity contribution is -0.137. The number of ether oxygens (including phenoxy) is 1. The van der Waals surface area contributed by atoms with E-state index in [-0.39, 0.29) is 24.2 Å². The van der Waals surface area contributed by atoms with Crippen molar-refractivity contribution in [3.8, 4) is 5.75 Å². The molecule has 9 nitrogen and oxygen atoms in total. The maximum absolute atomic E-state index is 14.0. The summed E-state index contributed by atoms with van der Waals surface area (Å²) in [6, 6.07) is 13.0. The van der Waals surface area contributed by atoms with E-state index >= 15 is 0 Å². The Labute approximate surface area is 254 Å². The van der Waals surface area contributed by atoms with Crippen molar-refractivity contribution < 1.29 is 22.7 Å². The number of methoxy groups -OCH3 is 1. The number of halogens is 3. The van der Waals surface area contributed by atoms with E-state index in [2.05, 4.69) is 35.7 Å². The van der Waals surface area contributed by atoms with Gasteiger partial charge < -0.3 is 25.6 Å². The summed E-state index contributed by atoms with van der Waals surface area (Å²) in [5.41, 5.74) is 1.94. The van der Waals surface area contributed by atoms with Gasteiger partial charge in [0.05, 0.1) is 18.2 Å². The van der Waals surface area contributed by atoms with Crippen LogP contribution in [0.3, 0.4) is 0 Å². The molecule has 1 aromatic heterocycles. The Balaban J connectivity index is 1.11. The van der Waals surface area contributed by atoms with Crippen LogP contribution >= 0.6 is 0 Å². The number of nitrogens with one attached hydrogen (secondary N) is 3. The van der Waals surface area contributed by atoms with E-state index in [9.17, 15) is 18.0 Å². The van der Waals surface area contributed by atoms with Crippen molar-refractivity contribution >= 4 is 34.7 Å². The van der Waals surface area contributed by atoms with Crippen molar-refractivity contribution in [1.82, 2.24) is 14.9 Å². The summed E-state index contributed by atoms with van der Waals surface area (Å²) in [6.07, 6.45) is 1.24. The van der Waals surface area contributed by atoms with Crippen LogP contribution in [0.25, 0.3) is 0 Å². The molecule has 3 N–H and O–H groups in total. The Morgan fingerprint density at radius 2 is 1.93 bits per heavy atom. The average Bonchev–Trinajstić information content (AvgIpc) is 3.62. The Hall–Kier alpha value is -4.06. The SMILES string of the molecule is COc1cc(N2CC3CC2CN3C2CCC2)ccc1Nc1ncc(C(F)(F)F)c(NCc2cccc3c2C(C)(C)C(=O)N3)n1. The topological polar surface area (TPSA) is 94.7 Å². The van der Waals surface area contributed by atoms with Crippen molar-refractivity contribution in [2.45, 2.75) is 75.8 Å². The number of benzene rings is 2. The molecule has 4 aliphatic rings. The minimum atomic E-state index is -4.67. The number of anilines is 5. The molecule has 1 aliphatic carbocycles. The van der Waals surface area contributed by atoms with Crippen LogP contribution in [0.1, 0.15) is 56.2 Å². The number of carbonyl (C=O) groups excluding carboxylic acids is 1. The lowest BCUT2D eigenvalue weighted by Gasteiger charge is -2.43. The number of piperazine rings is 1. The van der Waals surface area contributed by atoms with Crippen LogP contribution in [0, 0.1) is 0 Å². The molecule has 0 radical (unpaired) electrons. The molecule has 2 aromatic carbocycles. The number of carbonyl (C=O) groups is 1. The van der Waals surface area contributed by atoms with Crippen LogP contribution in [-0.2, 0) is 22.9 Å². The standard InChI is InChI=1S/C32H36F3N7O2/c1-31(2)27-18(6-4-9-25(27)38-29(31)43)14-36-28-23(32(33,34)35)15-37-30(40-28)39-24-11-10-20(13-26(24)44-3)42-17-21-12-22(42)16-41(21)19-7-5-8-19/h4,6,9-11,13,15,19,21-22H,5,7-8,12,14,16-17H2,1-3H3,(H,38,43)(H2,36,37,39,40). The first-order valence-electron chi connectivity index (χ1n) is 15.1. The highest BCUT2D eigenvalue weighted by Crippen LogP contribution is 2.43. The fraction of sp³-hybridized carbons (Fsp3) is 0.469. The Bertz CT molecular complexity index is 1610. The van der Waals surface area contributed by atoms with Gasteiger partial charge in [-0.2, -0.15) is 18.2 Å². The normalized spacial score (nSPS) is 22.5. The number of amides is 1. The van der Waals surface area contributed by atoms with Gasteiger partial charge in [0.2, 0.25) is 11.9 Å². The molecule has 4 heterocycles. The zero-order valence-electron chi connectivity index (χ0n) is 25.0. The number of rotatable bonds is 8. The number of alkyl halides is 3. The van der Waals surface area contributed by atoms with Gasteiger partial charge in [-0.3, -0.25) is 9.69 Å². The fourth-order valence-electron chi connectivity index (χ4n) is 7.21. The number of fused-ring (bicyclic) bond motifs is 3. The summed E-state index contributed by atoms with van der Waals surface area (Å²) in [5.74, 6) is 0.0384. The lowest BCUT2D eigenvalue weighted by atomic mass is 9.83. The summed E-state index contributed by atoms with van der Waals surface area (Å²) < 4.78 is 47.6. The maximum atomic E-state index is 14.0. The highest BCUT2D eigenvalue weighted by Gasteiger charge is 2.47. The van der Waals surface area contributed by atoms with E-state index in [0.29, 0.717) is 34.8 Å². The third-order valence-corrected chi connectivity index (χ3v) is 9.72. The molecule has 12 heteroatoms. The minimum absolute atomic E-state index is 0.00150. The number of nitrogens with zero attached hydrogens (tertiary/aromatic N) is 4. The predicted molar refractivity (Wildman–Crippen MR) is 163 cm³/mol. The molecule has 1 amide bonds. The van der Waals surface area contributed by atoms with Gasteiger partial charge in [-0.25, -0.2) is 4.98 Å². The van der Waals surface area contributed by atoms with Crippen molar-refractivity contribution in [2.75, 3.05) is 41.0 Å². The second-order valence-corrected chi connectivity index (χ2v) is 12.7. The zero-order valence-corrected chi connectivity index (χ0v) is 25.0. The van der Waals surface area contributed by atoms with Gasteiger partial charge in [-0.05, 0) is 62.4 Å². The first kappa shape index (κ1) is 28.7. The van der Waals surface area contributed by atoms with Crippen molar-refractivity contribution in [3.05, 3.63) is 59.3 Å². The third kappa shape index (κ3) is 4.89. The van der Waals surface area contributed by atoms with Gasteiger partial charge in [0, 0.05) is 61.4 Å². The molecule has 0 spiro atoms. The molecule has 2 bridgehead atoms. The van der Waals surface area contributed by atoms with E-state index in [4.69, 9.17) is 4.74 Å². The quantitative estimate of drug-likeness (QED) is 0.291. The fourth-order valence-corrected chi connectivity index (χ4v) is 7.21. The van der Waals surface area contributed by atoms with Gasteiger partial charge in [0.25, 0.3) is 0 Å². The predicted octanol–water partition coefficient (Wildman–Crippen LogP) is 5.90. The van der Waals surface area contributed by atoms with E-state index in [0.717, 1.165) is 36.6 Å². The molecule has 7 rings (SSSR count). The maximum Gasteiger partial charge on any atom is 0.421 e. The van der Waals surface area contributed by atoms with Crippen LogP contribution < -0.4 is 25.6 Å². The summed E-state index contributed by atoms with van der Waals surface area (Å²) >= 11 is 0. The van der Waals surface area contributed by atoms with Crippen molar-refractivity contribution in [1.29, 1.82) is 0 Å². The minimum Gasteiger partial charge on any atom is -0.494 e.